The number of nitrogens with zero attached hydrogens (tertiary/aromatic N) is 1. The van der Waals surface area contributed by atoms with Crippen molar-refractivity contribution < 1.29 is 14.3 Å². The molecular formula is C24H34N2O3. The minimum absolute atomic E-state index is 0.0279. The van der Waals surface area contributed by atoms with Gasteiger partial charge in [0.05, 0.1) is 6.61 Å². The van der Waals surface area contributed by atoms with Crippen LogP contribution < -0.4 is 5.32 Å². The van der Waals surface area contributed by atoms with Gasteiger partial charge in [-0.2, -0.15) is 5.26 Å². The van der Waals surface area contributed by atoms with Gasteiger partial charge in [0.25, 0.3) is 0 Å². The van der Waals surface area contributed by atoms with Crippen molar-refractivity contribution in [3.63, 3.8) is 0 Å². The van der Waals surface area contributed by atoms with Crippen molar-refractivity contribution in [1.82, 2.24) is 0 Å². The van der Waals surface area contributed by atoms with E-state index in [4.69, 9.17) is 4.74 Å². The number of rotatable bonds is 10. The maximum atomic E-state index is 12.2. The fourth-order valence-corrected chi connectivity index (χ4v) is 2.82. The van der Waals surface area contributed by atoms with E-state index in [0.717, 1.165) is 25.7 Å². The molecule has 5 nitrogen and oxygen atoms in total. The molecule has 1 aromatic carbocycles. The smallest absolute Gasteiger partial charge is 0.348 e. The Hall–Kier alpha value is -2.61. The quantitative estimate of drug-likeness (QED) is 0.310. The Morgan fingerprint density at radius 2 is 1.86 bits per heavy atom. The van der Waals surface area contributed by atoms with Crippen LogP contribution >= 0.6 is 0 Å². The number of benzene rings is 1. The predicted octanol–water partition coefficient (Wildman–Crippen LogP) is 5.73. The molecule has 0 saturated heterocycles. The molecule has 0 saturated carbocycles. The standard InChI is InChI=1S/C24H34N2O3/c1-6-8-9-18(7-2)17-29-23(28)20(16-25)14-19-10-12-21(13-11-19)26-22(27)15-24(3,4)5/h10-14,18H,6-9,15,17H2,1-5H3,(H,26,27)/b20-14+. The highest BCUT2D eigenvalue weighted by Crippen LogP contribution is 2.20. The maximum Gasteiger partial charge on any atom is 0.348 e. The molecule has 0 aliphatic rings. The largest absolute Gasteiger partial charge is 0.461 e. The summed E-state index contributed by atoms with van der Waals surface area (Å²) < 4.78 is 5.35. The molecule has 0 aromatic heterocycles. The van der Waals surface area contributed by atoms with E-state index in [0.29, 0.717) is 30.2 Å². The molecule has 0 spiro atoms. The lowest BCUT2D eigenvalue weighted by Gasteiger charge is -2.17. The van der Waals surface area contributed by atoms with E-state index in [-0.39, 0.29) is 16.9 Å². The van der Waals surface area contributed by atoms with Gasteiger partial charge in [0.1, 0.15) is 11.6 Å². The molecule has 0 fully saturated rings. The molecule has 5 heteroatoms. The Kier molecular flexibility index (Phi) is 10.2. The van der Waals surface area contributed by atoms with Crippen molar-refractivity contribution in [3.8, 4) is 6.07 Å². The summed E-state index contributed by atoms with van der Waals surface area (Å²) in [6, 6.07) is 8.95. The third-order valence-electron chi connectivity index (χ3n) is 4.53. The second-order valence-corrected chi connectivity index (χ2v) is 8.59. The molecule has 0 heterocycles. The van der Waals surface area contributed by atoms with E-state index in [1.165, 1.54) is 6.08 Å². The summed E-state index contributed by atoms with van der Waals surface area (Å²) in [6.07, 6.45) is 6.12. The van der Waals surface area contributed by atoms with Crippen LogP contribution in [0.5, 0.6) is 0 Å². The first-order valence-electron chi connectivity index (χ1n) is 10.4. The van der Waals surface area contributed by atoms with Crippen LogP contribution in [0.25, 0.3) is 6.08 Å². The summed E-state index contributed by atoms with van der Waals surface area (Å²) in [5.41, 5.74) is 1.27. The van der Waals surface area contributed by atoms with Crippen LogP contribution in [0.2, 0.25) is 0 Å². The Morgan fingerprint density at radius 3 is 2.38 bits per heavy atom. The number of nitriles is 1. The van der Waals surface area contributed by atoms with Crippen molar-refractivity contribution >= 4 is 23.6 Å². The van der Waals surface area contributed by atoms with Crippen molar-refractivity contribution in [3.05, 3.63) is 35.4 Å². The monoisotopic (exact) mass is 398 g/mol. The molecule has 1 amide bonds. The third kappa shape index (κ3) is 9.94. The second kappa shape index (κ2) is 12.1. The van der Waals surface area contributed by atoms with Gasteiger partial charge in [-0.25, -0.2) is 4.79 Å². The Bertz CT molecular complexity index is 737. The van der Waals surface area contributed by atoms with E-state index in [1.54, 1.807) is 24.3 Å². The summed E-state index contributed by atoms with van der Waals surface area (Å²) in [7, 11) is 0. The minimum atomic E-state index is -0.593. The van der Waals surface area contributed by atoms with Crippen LogP contribution in [-0.4, -0.2) is 18.5 Å². The normalized spacial score (nSPS) is 12.8. The first-order chi connectivity index (χ1) is 13.7. The number of carbonyl (C=O) groups excluding carboxylic acids is 2. The number of hydrogen-bond acceptors (Lipinski definition) is 4. The van der Waals surface area contributed by atoms with Crippen LogP contribution in [0.4, 0.5) is 5.69 Å². The van der Waals surface area contributed by atoms with Gasteiger partial charge >= 0.3 is 5.97 Å². The molecular weight excluding hydrogens is 364 g/mol. The number of nitrogens with one attached hydrogen (secondary N) is 1. The van der Waals surface area contributed by atoms with Crippen LogP contribution in [0.3, 0.4) is 0 Å². The van der Waals surface area contributed by atoms with Crippen LogP contribution in [0, 0.1) is 22.7 Å². The number of ether oxygens (including phenoxy) is 1. The van der Waals surface area contributed by atoms with Gasteiger partial charge in [-0.1, -0.05) is 66.0 Å². The van der Waals surface area contributed by atoms with Crippen LogP contribution in [0.15, 0.2) is 29.8 Å². The second-order valence-electron chi connectivity index (χ2n) is 8.59. The van der Waals surface area contributed by atoms with Gasteiger partial charge in [0.2, 0.25) is 5.91 Å². The zero-order valence-corrected chi connectivity index (χ0v) is 18.4. The van der Waals surface area contributed by atoms with Crippen molar-refractivity contribution in [2.75, 3.05) is 11.9 Å². The first-order valence-corrected chi connectivity index (χ1v) is 10.4. The zero-order chi connectivity index (χ0) is 21.9. The van der Waals surface area contributed by atoms with Gasteiger partial charge in [-0.3, -0.25) is 4.79 Å². The summed E-state index contributed by atoms with van der Waals surface area (Å²) in [6.45, 7) is 10.6. The molecule has 0 bridgehead atoms. The van der Waals surface area contributed by atoms with Gasteiger partial charge in [0, 0.05) is 12.1 Å². The number of carbonyl (C=O) groups is 2. The third-order valence-corrected chi connectivity index (χ3v) is 4.53. The number of esters is 1. The molecule has 0 radical (unpaired) electrons. The summed E-state index contributed by atoms with van der Waals surface area (Å²) in [5.74, 6) is -0.310. The fourth-order valence-electron chi connectivity index (χ4n) is 2.82. The van der Waals surface area contributed by atoms with Crippen molar-refractivity contribution in [2.45, 2.75) is 66.7 Å². The van der Waals surface area contributed by atoms with Crippen LogP contribution in [0.1, 0.15) is 72.3 Å². The average molecular weight is 399 g/mol. The first kappa shape index (κ1) is 24.4. The number of hydrogen-bond donors (Lipinski definition) is 1. The van der Waals surface area contributed by atoms with Crippen molar-refractivity contribution in [1.29, 1.82) is 5.26 Å². The molecule has 0 aliphatic carbocycles. The molecule has 158 valence electrons. The maximum absolute atomic E-state index is 12.2. The molecule has 1 aromatic rings. The van der Waals surface area contributed by atoms with Crippen molar-refractivity contribution in [2.24, 2.45) is 11.3 Å². The summed E-state index contributed by atoms with van der Waals surface area (Å²) in [5, 5.41) is 12.2. The topological polar surface area (TPSA) is 79.2 Å². The lowest BCUT2D eigenvalue weighted by atomic mass is 9.92. The number of amides is 1. The molecule has 1 unspecified atom stereocenters. The van der Waals surface area contributed by atoms with Gasteiger partial charge in [0.15, 0.2) is 0 Å². The average Bonchev–Trinajstić information content (AvgIpc) is 2.65. The molecule has 29 heavy (non-hydrogen) atoms. The summed E-state index contributed by atoms with van der Waals surface area (Å²) in [4.78, 5) is 24.3. The van der Waals surface area contributed by atoms with Gasteiger partial charge in [-0.05, 0) is 41.5 Å². The number of anilines is 1. The highest BCUT2D eigenvalue weighted by molar-refractivity contribution is 5.98. The highest BCUT2D eigenvalue weighted by Gasteiger charge is 2.16. The zero-order valence-electron chi connectivity index (χ0n) is 18.4. The number of unbranched alkanes of at least 4 members (excludes halogenated alkanes) is 1. The molecule has 1 rings (SSSR count). The SMILES string of the molecule is CCCCC(CC)COC(=O)/C(C#N)=C/c1ccc(NC(=O)CC(C)(C)C)cc1. The summed E-state index contributed by atoms with van der Waals surface area (Å²) >= 11 is 0. The van der Waals surface area contributed by atoms with E-state index in [9.17, 15) is 14.9 Å². The Balaban J connectivity index is 2.70. The van der Waals surface area contributed by atoms with E-state index in [2.05, 4.69) is 19.2 Å². The minimum Gasteiger partial charge on any atom is -0.461 e. The molecule has 1 atom stereocenters. The molecule has 1 N–H and O–H groups in total. The van der Waals surface area contributed by atoms with E-state index < -0.39 is 5.97 Å². The Morgan fingerprint density at radius 1 is 1.21 bits per heavy atom. The van der Waals surface area contributed by atoms with Gasteiger partial charge < -0.3 is 10.1 Å². The van der Waals surface area contributed by atoms with Crippen LogP contribution in [-0.2, 0) is 14.3 Å². The Labute approximate surface area is 175 Å². The lowest BCUT2D eigenvalue weighted by Crippen LogP contribution is -2.19. The predicted molar refractivity (Wildman–Crippen MR) is 117 cm³/mol. The fraction of sp³-hybridized carbons (Fsp3) is 0.542. The van der Waals surface area contributed by atoms with E-state index >= 15 is 0 Å². The highest BCUT2D eigenvalue weighted by atomic mass is 16.5. The van der Waals surface area contributed by atoms with E-state index in [1.807, 2.05) is 26.8 Å². The van der Waals surface area contributed by atoms with Gasteiger partial charge in [-0.15, -0.1) is 0 Å². The lowest BCUT2D eigenvalue weighted by molar-refractivity contribution is -0.139. The molecule has 0 aliphatic heterocycles.